The Hall–Kier alpha value is -2.67. The minimum absolute atomic E-state index is 0.531. The summed E-state index contributed by atoms with van der Waals surface area (Å²) in [7, 11) is 0. The highest BCUT2D eigenvalue weighted by Crippen LogP contribution is 2.31. The molecule has 0 N–H and O–H groups in total. The second-order valence-electron chi connectivity index (χ2n) is 6.33. The molecule has 0 amide bonds. The fourth-order valence-corrected chi connectivity index (χ4v) is 3.12. The molecule has 0 aliphatic rings. The Morgan fingerprint density at radius 3 is 2.39 bits per heavy atom. The summed E-state index contributed by atoms with van der Waals surface area (Å²) in [5.74, 6) is 0.531. The topological polar surface area (TPSA) is 12.9 Å². The van der Waals surface area contributed by atoms with Crippen LogP contribution in [0.2, 0.25) is 0 Å². The summed E-state index contributed by atoms with van der Waals surface area (Å²) < 4.78 is 0. The molecule has 0 aliphatic heterocycles. The van der Waals surface area contributed by atoms with Crippen LogP contribution in [0.3, 0.4) is 0 Å². The number of pyridine rings is 1. The number of nitrogens with zero attached hydrogens (tertiary/aromatic N) is 1. The van der Waals surface area contributed by atoms with E-state index in [9.17, 15) is 0 Å². The van der Waals surface area contributed by atoms with E-state index in [-0.39, 0.29) is 0 Å². The molecule has 1 heteroatoms. The van der Waals surface area contributed by atoms with Gasteiger partial charge in [-0.1, -0.05) is 68.4 Å². The van der Waals surface area contributed by atoms with Crippen LogP contribution in [0.4, 0.5) is 0 Å². The van der Waals surface area contributed by atoms with Crippen molar-refractivity contribution in [3.05, 3.63) is 78.4 Å². The zero-order chi connectivity index (χ0) is 15.8. The molecule has 0 bridgehead atoms. The van der Waals surface area contributed by atoms with E-state index in [0.29, 0.717) is 5.92 Å². The smallest absolute Gasteiger partial charge is 0.0715 e. The SMILES string of the molecule is CC(C)c1cccc(-c2cccc3nc4ccccc4cc23)c1. The van der Waals surface area contributed by atoms with Gasteiger partial charge in [0, 0.05) is 10.8 Å². The van der Waals surface area contributed by atoms with Gasteiger partial charge >= 0.3 is 0 Å². The third kappa shape index (κ3) is 2.49. The molecule has 0 unspecified atom stereocenters. The van der Waals surface area contributed by atoms with Crippen LogP contribution in [-0.4, -0.2) is 4.98 Å². The molecule has 3 aromatic carbocycles. The third-order valence-electron chi connectivity index (χ3n) is 4.42. The molecular formula is C22H19N. The maximum absolute atomic E-state index is 4.82. The molecule has 0 fully saturated rings. The maximum atomic E-state index is 4.82. The van der Waals surface area contributed by atoms with Crippen molar-refractivity contribution in [2.45, 2.75) is 19.8 Å². The monoisotopic (exact) mass is 297 g/mol. The Morgan fingerprint density at radius 2 is 1.52 bits per heavy atom. The molecule has 1 heterocycles. The summed E-state index contributed by atoms with van der Waals surface area (Å²) in [6.07, 6.45) is 0. The minimum Gasteiger partial charge on any atom is -0.248 e. The van der Waals surface area contributed by atoms with Gasteiger partial charge in [0.1, 0.15) is 0 Å². The van der Waals surface area contributed by atoms with E-state index in [0.717, 1.165) is 11.0 Å². The second-order valence-corrected chi connectivity index (χ2v) is 6.33. The lowest BCUT2D eigenvalue weighted by Crippen LogP contribution is -1.89. The van der Waals surface area contributed by atoms with Crippen LogP contribution in [0.5, 0.6) is 0 Å². The Kier molecular flexibility index (Phi) is 3.34. The third-order valence-corrected chi connectivity index (χ3v) is 4.42. The van der Waals surface area contributed by atoms with Gasteiger partial charge in [-0.05, 0) is 40.8 Å². The zero-order valence-corrected chi connectivity index (χ0v) is 13.5. The number of fused-ring (bicyclic) bond motifs is 2. The van der Waals surface area contributed by atoms with Gasteiger partial charge in [-0.25, -0.2) is 4.98 Å². The Balaban J connectivity index is 1.99. The summed E-state index contributed by atoms with van der Waals surface area (Å²) in [4.78, 5) is 4.82. The van der Waals surface area contributed by atoms with E-state index in [1.165, 1.54) is 27.5 Å². The quantitative estimate of drug-likeness (QED) is 0.403. The predicted octanol–water partition coefficient (Wildman–Crippen LogP) is 6.18. The molecular weight excluding hydrogens is 278 g/mol. The molecule has 4 rings (SSSR count). The average Bonchev–Trinajstić information content (AvgIpc) is 2.59. The zero-order valence-electron chi connectivity index (χ0n) is 13.5. The van der Waals surface area contributed by atoms with Crippen molar-refractivity contribution in [3.63, 3.8) is 0 Å². The summed E-state index contributed by atoms with van der Waals surface area (Å²) in [6.45, 7) is 4.47. The molecule has 0 saturated heterocycles. The number of rotatable bonds is 2. The fraction of sp³-hybridized carbons (Fsp3) is 0.136. The lowest BCUT2D eigenvalue weighted by molar-refractivity contribution is 0.867. The van der Waals surface area contributed by atoms with E-state index >= 15 is 0 Å². The molecule has 23 heavy (non-hydrogen) atoms. The number of hydrogen-bond acceptors (Lipinski definition) is 1. The molecule has 1 nitrogen and oxygen atoms in total. The molecule has 0 aliphatic carbocycles. The second kappa shape index (κ2) is 5.51. The lowest BCUT2D eigenvalue weighted by atomic mass is 9.95. The standard InChI is InChI=1S/C22H19N/c1-15(2)16-8-5-9-17(13-16)19-10-6-12-22-20(19)14-18-7-3-4-11-21(18)23-22/h3-15H,1-2H3. The van der Waals surface area contributed by atoms with Crippen LogP contribution in [0.25, 0.3) is 32.9 Å². The molecule has 0 radical (unpaired) electrons. The number of hydrogen-bond donors (Lipinski definition) is 0. The van der Waals surface area contributed by atoms with Gasteiger partial charge < -0.3 is 0 Å². The lowest BCUT2D eigenvalue weighted by Gasteiger charge is -2.11. The number of aromatic nitrogens is 1. The van der Waals surface area contributed by atoms with Crippen LogP contribution in [0.15, 0.2) is 72.8 Å². The summed E-state index contributed by atoms with van der Waals surface area (Å²) in [5, 5.41) is 2.40. The van der Waals surface area contributed by atoms with Crippen LogP contribution < -0.4 is 0 Å². The van der Waals surface area contributed by atoms with Gasteiger partial charge in [-0.2, -0.15) is 0 Å². The minimum atomic E-state index is 0.531. The Morgan fingerprint density at radius 1 is 0.739 bits per heavy atom. The van der Waals surface area contributed by atoms with Gasteiger partial charge in [0.2, 0.25) is 0 Å². The fourth-order valence-electron chi connectivity index (χ4n) is 3.12. The van der Waals surface area contributed by atoms with Gasteiger partial charge in [-0.15, -0.1) is 0 Å². The molecule has 0 spiro atoms. The largest absolute Gasteiger partial charge is 0.248 e. The first kappa shape index (κ1) is 14.0. The first-order valence-corrected chi connectivity index (χ1v) is 8.11. The number of para-hydroxylation sites is 1. The molecule has 4 aromatic rings. The van der Waals surface area contributed by atoms with E-state index in [1.807, 2.05) is 6.07 Å². The van der Waals surface area contributed by atoms with Gasteiger partial charge in [0.25, 0.3) is 0 Å². The van der Waals surface area contributed by atoms with E-state index < -0.39 is 0 Å². The number of benzene rings is 3. The van der Waals surface area contributed by atoms with Gasteiger partial charge in [-0.3, -0.25) is 0 Å². The van der Waals surface area contributed by atoms with Crippen LogP contribution in [-0.2, 0) is 0 Å². The molecule has 0 atom stereocenters. The summed E-state index contributed by atoms with van der Waals surface area (Å²) in [5.41, 5.74) is 5.99. The van der Waals surface area contributed by atoms with Gasteiger partial charge in [0.05, 0.1) is 11.0 Å². The highest BCUT2D eigenvalue weighted by Gasteiger charge is 2.08. The van der Waals surface area contributed by atoms with Crippen molar-refractivity contribution in [1.82, 2.24) is 4.98 Å². The first-order chi connectivity index (χ1) is 11.2. The molecule has 0 saturated carbocycles. The van der Waals surface area contributed by atoms with Gasteiger partial charge in [0.15, 0.2) is 0 Å². The molecule has 1 aromatic heterocycles. The Labute approximate surface area is 136 Å². The van der Waals surface area contributed by atoms with Crippen molar-refractivity contribution in [2.24, 2.45) is 0 Å². The normalized spacial score (nSPS) is 11.4. The van der Waals surface area contributed by atoms with Crippen molar-refractivity contribution in [2.75, 3.05) is 0 Å². The average molecular weight is 297 g/mol. The van der Waals surface area contributed by atoms with Crippen molar-refractivity contribution >= 4 is 21.8 Å². The van der Waals surface area contributed by atoms with E-state index in [4.69, 9.17) is 4.98 Å². The van der Waals surface area contributed by atoms with Crippen molar-refractivity contribution in [3.8, 4) is 11.1 Å². The van der Waals surface area contributed by atoms with Crippen molar-refractivity contribution < 1.29 is 0 Å². The summed E-state index contributed by atoms with van der Waals surface area (Å²) >= 11 is 0. The first-order valence-electron chi connectivity index (χ1n) is 8.11. The van der Waals surface area contributed by atoms with Crippen molar-refractivity contribution in [1.29, 1.82) is 0 Å². The molecule has 112 valence electrons. The van der Waals surface area contributed by atoms with E-state index in [1.54, 1.807) is 0 Å². The highest BCUT2D eigenvalue weighted by atomic mass is 14.7. The predicted molar refractivity (Wildman–Crippen MR) is 98.8 cm³/mol. The van der Waals surface area contributed by atoms with Crippen LogP contribution >= 0.6 is 0 Å². The van der Waals surface area contributed by atoms with Crippen LogP contribution in [0, 0.1) is 0 Å². The summed E-state index contributed by atoms with van der Waals surface area (Å²) in [6, 6.07) is 25.8. The van der Waals surface area contributed by atoms with Crippen LogP contribution in [0.1, 0.15) is 25.3 Å². The van der Waals surface area contributed by atoms with E-state index in [2.05, 4.69) is 80.6 Å². The Bertz CT molecular complexity index is 999. The highest BCUT2D eigenvalue weighted by molar-refractivity contribution is 6.01. The maximum Gasteiger partial charge on any atom is 0.0715 e.